The summed E-state index contributed by atoms with van der Waals surface area (Å²) in [7, 11) is 0. The van der Waals surface area contributed by atoms with Gasteiger partial charge in [0.15, 0.2) is 0 Å². The lowest BCUT2D eigenvalue weighted by atomic mass is 10.2. The van der Waals surface area contributed by atoms with E-state index in [4.69, 9.17) is 5.11 Å². The standard InChI is InChI=1S/C10H11O/c1-2-3-5-9-6-4-7-10(11)8-9/h3-8,11H,1-2H2. The van der Waals surface area contributed by atoms with Crippen molar-refractivity contribution in [3.63, 3.8) is 0 Å². The Bertz CT molecular complexity index is 251. The average Bonchev–Trinajstić information content (AvgIpc) is 2.01. The summed E-state index contributed by atoms with van der Waals surface area (Å²) in [5.74, 6) is 0.302. The maximum atomic E-state index is 9.06. The number of hydrogen-bond donors (Lipinski definition) is 1. The van der Waals surface area contributed by atoms with E-state index in [0.717, 1.165) is 12.0 Å². The molecule has 0 atom stereocenters. The maximum Gasteiger partial charge on any atom is 0.116 e. The number of phenols is 1. The van der Waals surface area contributed by atoms with Gasteiger partial charge in [-0.25, -0.2) is 0 Å². The highest BCUT2D eigenvalue weighted by molar-refractivity contribution is 5.51. The first-order chi connectivity index (χ1) is 5.33. The third-order valence-electron chi connectivity index (χ3n) is 1.35. The Hall–Kier alpha value is -1.24. The molecule has 0 bridgehead atoms. The largest absolute Gasteiger partial charge is 0.508 e. The second kappa shape index (κ2) is 3.81. The maximum absolute atomic E-state index is 9.06. The molecule has 1 N–H and O–H groups in total. The van der Waals surface area contributed by atoms with Crippen molar-refractivity contribution in [2.45, 2.75) is 6.42 Å². The van der Waals surface area contributed by atoms with Crippen LogP contribution in [0, 0.1) is 6.92 Å². The van der Waals surface area contributed by atoms with Gasteiger partial charge in [0.25, 0.3) is 0 Å². The van der Waals surface area contributed by atoms with Crippen LogP contribution in [0.4, 0.5) is 0 Å². The van der Waals surface area contributed by atoms with E-state index in [1.807, 2.05) is 24.3 Å². The van der Waals surface area contributed by atoms with Gasteiger partial charge < -0.3 is 5.11 Å². The van der Waals surface area contributed by atoms with Gasteiger partial charge in [-0.2, -0.15) is 0 Å². The minimum Gasteiger partial charge on any atom is -0.508 e. The molecular weight excluding hydrogens is 136 g/mol. The fourth-order valence-corrected chi connectivity index (χ4v) is 0.848. The first kappa shape index (κ1) is 7.86. The van der Waals surface area contributed by atoms with E-state index in [1.54, 1.807) is 12.1 Å². The van der Waals surface area contributed by atoms with E-state index in [2.05, 4.69) is 6.92 Å². The van der Waals surface area contributed by atoms with E-state index in [1.165, 1.54) is 0 Å². The monoisotopic (exact) mass is 147 g/mol. The van der Waals surface area contributed by atoms with Gasteiger partial charge in [-0.1, -0.05) is 24.3 Å². The fraction of sp³-hybridized carbons (Fsp3) is 0.100. The van der Waals surface area contributed by atoms with Gasteiger partial charge in [0.1, 0.15) is 5.75 Å². The molecule has 0 unspecified atom stereocenters. The number of benzene rings is 1. The minimum absolute atomic E-state index is 0.302. The average molecular weight is 147 g/mol. The third-order valence-corrected chi connectivity index (χ3v) is 1.35. The molecule has 1 radical (unpaired) electrons. The molecule has 0 spiro atoms. The van der Waals surface area contributed by atoms with Crippen LogP contribution in [-0.2, 0) is 0 Å². The van der Waals surface area contributed by atoms with Gasteiger partial charge in [0.05, 0.1) is 0 Å². The highest BCUT2D eigenvalue weighted by Crippen LogP contribution is 2.11. The summed E-state index contributed by atoms with van der Waals surface area (Å²) in [6.07, 6.45) is 4.66. The van der Waals surface area contributed by atoms with Crippen LogP contribution in [0.1, 0.15) is 12.0 Å². The topological polar surface area (TPSA) is 20.2 Å². The normalized spacial score (nSPS) is 10.6. The highest BCUT2D eigenvalue weighted by Gasteiger charge is 1.87. The lowest BCUT2D eigenvalue weighted by molar-refractivity contribution is 0.475. The van der Waals surface area contributed by atoms with Crippen LogP contribution in [0.5, 0.6) is 5.75 Å². The van der Waals surface area contributed by atoms with E-state index >= 15 is 0 Å². The third kappa shape index (κ3) is 2.46. The van der Waals surface area contributed by atoms with Gasteiger partial charge in [0, 0.05) is 0 Å². The number of phenolic OH excluding ortho intramolecular Hbond substituents is 1. The molecule has 1 rings (SSSR count). The Kier molecular flexibility index (Phi) is 2.73. The molecule has 0 aromatic heterocycles. The van der Waals surface area contributed by atoms with Crippen molar-refractivity contribution in [3.05, 3.63) is 42.8 Å². The molecule has 0 saturated heterocycles. The summed E-state index contributed by atoms with van der Waals surface area (Å²) in [5.41, 5.74) is 1.01. The molecule has 0 aliphatic carbocycles. The zero-order valence-corrected chi connectivity index (χ0v) is 6.33. The molecule has 0 fully saturated rings. The summed E-state index contributed by atoms with van der Waals surface area (Å²) in [6, 6.07) is 7.12. The molecule has 0 heterocycles. The lowest BCUT2D eigenvalue weighted by Crippen LogP contribution is -1.69. The number of aromatic hydroxyl groups is 1. The predicted octanol–water partition coefficient (Wildman–Crippen LogP) is 2.63. The van der Waals surface area contributed by atoms with Crippen molar-refractivity contribution in [2.75, 3.05) is 0 Å². The summed E-state index contributed by atoms with van der Waals surface area (Å²) < 4.78 is 0. The van der Waals surface area contributed by atoms with Crippen molar-refractivity contribution in [1.82, 2.24) is 0 Å². The zero-order valence-electron chi connectivity index (χ0n) is 6.33. The second-order valence-corrected chi connectivity index (χ2v) is 2.29. The Morgan fingerprint density at radius 3 is 2.91 bits per heavy atom. The Morgan fingerprint density at radius 2 is 2.27 bits per heavy atom. The molecule has 1 aromatic carbocycles. The molecule has 0 amide bonds. The van der Waals surface area contributed by atoms with E-state index < -0.39 is 0 Å². The van der Waals surface area contributed by atoms with Gasteiger partial charge in [0.2, 0.25) is 0 Å². The van der Waals surface area contributed by atoms with E-state index in [-0.39, 0.29) is 0 Å². The summed E-state index contributed by atoms with van der Waals surface area (Å²) in [5, 5.41) is 9.06. The Morgan fingerprint density at radius 1 is 1.45 bits per heavy atom. The summed E-state index contributed by atoms with van der Waals surface area (Å²) in [4.78, 5) is 0. The Balaban J connectivity index is 2.79. The lowest BCUT2D eigenvalue weighted by Gasteiger charge is -1.93. The molecule has 1 heteroatoms. The molecular formula is C10H11O. The molecule has 11 heavy (non-hydrogen) atoms. The van der Waals surface area contributed by atoms with Gasteiger partial charge in [-0.05, 0) is 31.0 Å². The van der Waals surface area contributed by atoms with Crippen molar-refractivity contribution in [2.24, 2.45) is 0 Å². The van der Waals surface area contributed by atoms with Crippen LogP contribution in [0.2, 0.25) is 0 Å². The van der Waals surface area contributed by atoms with Crippen molar-refractivity contribution < 1.29 is 5.11 Å². The van der Waals surface area contributed by atoms with Crippen LogP contribution in [0.3, 0.4) is 0 Å². The van der Waals surface area contributed by atoms with Crippen LogP contribution in [0.25, 0.3) is 6.08 Å². The molecule has 0 aliphatic heterocycles. The minimum atomic E-state index is 0.302. The van der Waals surface area contributed by atoms with Crippen molar-refractivity contribution >= 4 is 6.08 Å². The van der Waals surface area contributed by atoms with E-state index in [0.29, 0.717) is 5.75 Å². The molecule has 57 valence electrons. The number of rotatable bonds is 2. The van der Waals surface area contributed by atoms with Crippen LogP contribution >= 0.6 is 0 Å². The molecule has 0 aliphatic rings. The van der Waals surface area contributed by atoms with Crippen LogP contribution < -0.4 is 0 Å². The van der Waals surface area contributed by atoms with Gasteiger partial charge in [-0.3, -0.25) is 0 Å². The zero-order chi connectivity index (χ0) is 8.10. The predicted molar refractivity (Wildman–Crippen MR) is 47.1 cm³/mol. The smallest absolute Gasteiger partial charge is 0.116 e. The van der Waals surface area contributed by atoms with Crippen molar-refractivity contribution in [1.29, 1.82) is 0 Å². The molecule has 0 saturated carbocycles. The summed E-state index contributed by atoms with van der Waals surface area (Å²) >= 11 is 0. The second-order valence-electron chi connectivity index (χ2n) is 2.29. The number of allylic oxidation sites excluding steroid dienone is 1. The highest BCUT2D eigenvalue weighted by atomic mass is 16.3. The Labute approximate surface area is 67.0 Å². The quantitative estimate of drug-likeness (QED) is 0.681. The van der Waals surface area contributed by atoms with Crippen molar-refractivity contribution in [3.8, 4) is 5.75 Å². The van der Waals surface area contributed by atoms with Gasteiger partial charge in [-0.15, -0.1) is 0 Å². The van der Waals surface area contributed by atoms with Crippen LogP contribution in [-0.4, -0.2) is 5.11 Å². The molecule has 1 aromatic rings. The first-order valence-corrected chi connectivity index (χ1v) is 3.58. The van der Waals surface area contributed by atoms with E-state index in [9.17, 15) is 0 Å². The summed E-state index contributed by atoms with van der Waals surface area (Å²) in [6.45, 7) is 3.67. The SMILES string of the molecule is [CH2]CC=Cc1cccc(O)c1. The molecule has 1 nitrogen and oxygen atoms in total. The fourth-order valence-electron chi connectivity index (χ4n) is 0.848. The van der Waals surface area contributed by atoms with Gasteiger partial charge >= 0.3 is 0 Å². The number of hydrogen-bond acceptors (Lipinski definition) is 1. The van der Waals surface area contributed by atoms with Crippen LogP contribution in [0.15, 0.2) is 30.3 Å². The first-order valence-electron chi connectivity index (χ1n) is 3.58.